The Hall–Kier alpha value is -1.51. The molecular formula is C16H23NO2. The predicted octanol–water partition coefficient (Wildman–Crippen LogP) is 3.05. The van der Waals surface area contributed by atoms with Crippen molar-refractivity contribution in [2.24, 2.45) is 5.92 Å². The second kappa shape index (κ2) is 6.09. The van der Waals surface area contributed by atoms with E-state index in [4.69, 9.17) is 4.74 Å². The summed E-state index contributed by atoms with van der Waals surface area (Å²) in [6.45, 7) is 0. The lowest BCUT2D eigenvalue weighted by atomic mass is 9.81. The van der Waals surface area contributed by atoms with Gasteiger partial charge in [0, 0.05) is 20.5 Å². The normalized spacial score (nSPS) is 22.5. The van der Waals surface area contributed by atoms with Gasteiger partial charge in [-0.1, -0.05) is 11.6 Å². The molecule has 1 amide bonds. The lowest BCUT2D eigenvalue weighted by Gasteiger charge is -2.26. The van der Waals surface area contributed by atoms with Crippen molar-refractivity contribution in [2.75, 3.05) is 21.2 Å². The van der Waals surface area contributed by atoms with E-state index in [2.05, 4.69) is 12.2 Å². The molecule has 2 rings (SSSR count). The van der Waals surface area contributed by atoms with Gasteiger partial charge in [0.1, 0.15) is 5.76 Å². The summed E-state index contributed by atoms with van der Waals surface area (Å²) in [7, 11) is 5.37. The number of methoxy groups -OCH3 is 1. The Morgan fingerprint density at radius 3 is 2.89 bits per heavy atom. The highest BCUT2D eigenvalue weighted by molar-refractivity contribution is 5.75. The molecule has 0 saturated carbocycles. The number of allylic oxidation sites excluding steroid dienone is 5. The van der Waals surface area contributed by atoms with E-state index in [0.29, 0.717) is 12.3 Å². The third kappa shape index (κ3) is 3.49. The van der Waals surface area contributed by atoms with Gasteiger partial charge in [-0.15, -0.1) is 0 Å². The molecule has 0 bridgehead atoms. The number of amides is 1. The average molecular weight is 261 g/mol. The maximum Gasteiger partial charge on any atom is 0.222 e. The van der Waals surface area contributed by atoms with Crippen LogP contribution in [-0.4, -0.2) is 32.0 Å². The third-order valence-electron chi connectivity index (χ3n) is 4.01. The van der Waals surface area contributed by atoms with Gasteiger partial charge in [-0.05, 0) is 49.3 Å². The Bertz CT molecular complexity index is 444. The van der Waals surface area contributed by atoms with Gasteiger partial charge in [-0.25, -0.2) is 0 Å². The number of hydrogen-bond donors (Lipinski definition) is 0. The Morgan fingerprint density at radius 2 is 2.21 bits per heavy atom. The molecule has 0 aromatic rings. The van der Waals surface area contributed by atoms with E-state index in [0.717, 1.165) is 31.4 Å². The zero-order valence-electron chi connectivity index (χ0n) is 12.1. The lowest BCUT2D eigenvalue weighted by Crippen LogP contribution is -2.25. The van der Waals surface area contributed by atoms with Gasteiger partial charge < -0.3 is 9.64 Å². The Balaban J connectivity index is 2.01. The van der Waals surface area contributed by atoms with Crippen LogP contribution in [0.4, 0.5) is 0 Å². The van der Waals surface area contributed by atoms with Crippen molar-refractivity contribution in [1.82, 2.24) is 4.90 Å². The highest BCUT2D eigenvalue weighted by atomic mass is 16.5. The van der Waals surface area contributed by atoms with E-state index in [1.807, 2.05) is 20.2 Å². The smallest absolute Gasteiger partial charge is 0.222 e. The van der Waals surface area contributed by atoms with Crippen LogP contribution >= 0.6 is 0 Å². The Labute approximate surface area is 115 Å². The van der Waals surface area contributed by atoms with Crippen molar-refractivity contribution < 1.29 is 9.53 Å². The van der Waals surface area contributed by atoms with E-state index in [-0.39, 0.29) is 5.91 Å². The number of carbonyl (C=O) groups is 1. The summed E-state index contributed by atoms with van der Waals surface area (Å²) in [5.41, 5.74) is 2.92. The number of hydrogen-bond acceptors (Lipinski definition) is 2. The largest absolute Gasteiger partial charge is 0.497 e. The molecule has 0 fully saturated rings. The second-order valence-corrected chi connectivity index (χ2v) is 5.58. The van der Waals surface area contributed by atoms with E-state index in [1.165, 1.54) is 11.1 Å². The highest BCUT2D eigenvalue weighted by Crippen LogP contribution is 2.35. The van der Waals surface area contributed by atoms with Crippen molar-refractivity contribution in [3.05, 3.63) is 35.1 Å². The third-order valence-corrected chi connectivity index (χ3v) is 4.01. The fourth-order valence-corrected chi connectivity index (χ4v) is 2.75. The van der Waals surface area contributed by atoms with Gasteiger partial charge in [-0.2, -0.15) is 0 Å². The van der Waals surface area contributed by atoms with Crippen LogP contribution in [0.15, 0.2) is 35.1 Å². The molecule has 104 valence electrons. The molecule has 0 aromatic carbocycles. The Kier molecular flexibility index (Phi) is 4.46. The number of rotatable bonds is 3. The van der Waals surface area contributed by atoms with Gasteiger partial charge in [0.2, 0.25) is 5.91 Å². The molecule has 3 nitrogen and oxygen atoms in total. The molecule has 0 radical (unpaired) electrons. The van der Waals surface area contributed by atoms with Crippen LogP contribution in [0, 0.1) is 5.92 Å². The first kappa shape index (κ1) is 13.9. The molecule has 0 heterocycles. The summed E-state index contributed by atoms with van der Waals surface area (Å²) in [5.74, 6) is 1.67. The highest BCUT2D eigenvalue weighted by Gasteiger charge is 2.23. The average Bonchev–Trinajstić information content (AvgIpc) is 2.60. The van der Waals surface area contributed by atoms with Crippen LogP contribution < -0.4 is 0 Å². The van der Waals surface area contributed by atoms with Crippen molar-refractivity contribution >= 4 is 5.91 Å². The standard InChI is InChI=1S/C16H23NO2/c1-17(2)16(18)11-12-4-5-13-6-8-15(19-3)9-7-14(13)10-12/h7-9,12H,4-6,10-11H2,1-3H3. The number of ether oxygens (including phenoxy) is 1. The molecular weight excluding hydrogens is 238 g/mol. The van der Waals surface area contributed by atoms with Crippen LogP contribution in [-0.2, 0) is 9.53 Å². The molecule has 0 spiro atoms. The molecule has 3 heteroatoms. The quantitative estimate of drug-likeness (QED) is 0.781. The van der Waals surface area contributed by atoms with Crippen LogP contribution in [0.5, 0.6) is 0 Å². The molecule has 0 saturated heterocycles. The molecule has 0 aromatic heterocycles. The first-order chi connectivity index (χ1) is 9.10. The van der Waals surface area contributed by atoms with Crippen molar-refractivity contribution in [2.45, 2.75) is 32.1 Å². The minimum absolute atomic E-state index is 0.238. The lowest BCUT2D eigenvalue weighted by molar-refractivity contribution is -0.129. The summed E-state index contributed by atoms with van der Waals surface area (Å²) in [6.07, 6.45) is 11.3. The van der Waals surface area contributed by atoms with E-state index in [1.54, 1.807) is 12.0 Å². The van der Waals surface area contributed by atoms with Gasteiger partial charge in [0.15, 0.2) is 0 Å². The fraction of sp³-hybridized carbons (Fsp3) is 0.562. The topological polar surface area (TPSA) is 29.5 Å². The van der Waals surface area contributed by atoms with E-state index < -0.39 is 0 Å². The van der Waals surface area contributed by atoms with Crippen LogP contribution in [0.3, 0.4) is 0 Å². The molecule has 1 atom stereocenters. The van der Waals surface area contributed by atoms with Gasteiger partial charge in [0.05, 0.1) is 7.11 Å². The van der Waals surface area contributed by atoms with Crippen LogP contribution in [0.25, 0.3) is 0 Å². The van der Waals surface area contributed by atoms with Crippen molar-refractivity contribution in [3.63, 3.8) is 0 Å². The zero-order valence-corrected chi connectivity index (χ0v) is 12.1. The summed E-state index contributed by atoms with van der Waals surface area (Å²) in [4.78, 5) is 13.5. The number of carbonyl (C=O) groups excluding carboxylic acids is 1. The summed E-state index contributed by atoms with van der Waals surface area (Å²) >= 11 is 0. The maximum absolute atomic E-state index is 11.8. The molecule has 0 aliphatic heterocycles. The molecule has 1 unspecified atom stereocenters. The van der Waals surface area contributed by atoms with Gasteiger partial charge in [0.25, 0.3) is 0 Å². The van der Waals surface area contributed by atoms with Gasteiger partial charge in [-0.3, -0.25) is 4.79 Å². The first-order valence-corrected chi connectivity index (χ1v) is 6.93. The second-order valence-electron chi connectivity index (χ2n) is 5.58. The predicted molar refractivity (Wildman–Crippen MR) is 76.5 cm³/mol. The molecule has 0 N–H and O–H groups in total. The maximum atomic E-state index is 11.8. The monoisotopic (exact) mass is 261 g/mol. The van der Waals surface area contributed by atoms with Crippen LogP contribution in [0.1, 0.15) is 32.1 Å². The zero-order chi connectivity index (χ0) is 13.8. The van der Waals surface area contributed by atoms with Crippen LogP contribution in [0.2, 0.25) is 0 Å². The van der Waals surface area contributed by atoms with Gasteiger partial charge >= 0.3 is 0 Å². The number of nitrogens with zero attached hydrogens (tertiary/aromatic N) is 1. The minimum Gasteiger partial charge on any atom is -0.497 e. The van der Waals surface area contributed by atoms with E-state index >= 15 is 0 Å². The molecule has 2 aliphatic rings. The molecule has 19 heavy (non-hydrogen) atoms. The summed E-state index contributed by atoms with van der Waals surface area (Å²) in [6, 6.07) is 0. The minimum atomic E-state index is 0.238. The molecule has 2 aliphatic carbocycles. The van der Waals surface area contributed by atoms with Crippen molar-refractivity contribution in [3.8, 4) is 0 Å². The van der Waals surface area contributed by atoms with Crippen molar-refractivity contribution in [1.29, 1.82) is 0 Å². The SMILES string of the molecule is COC1=CCC2=C(C=C1)CC(CC(=O)N(C)C)CC2. The summed E-state index contributed by atoms with van der Waals surface area (Å²) < 4.78 is 5.29. The Morgan fingerprint density at radius 1 is 1.42 bits per heavy atom. The summed E-state index contributed by atoms with van der Waals surface area (Å²) in [5, 5.41) is 0. The van der Waals surface area contributed by atoms with E-state index in [9.17, 15) is 4.79 Å². The first-order valence-electron chi connectivity index (χ1n) is 6.93. The fourth-order valence-electron chi connectivity index (χ4n) is 2.75.